The number of rotatable bonds is 5. The number of hydrogen-bond donors (Lipinski definition) is 0. The number of fused-ring (bicyclic) bond motifs is 9. The summed E-state index contributed by atoms with van der Waals surface area (Å²) >= 11 is 1.73. The first-order chi connectivity index (χ1) is 27.2. The van der Waals surface area contributed by atoms with Gasteiger partial charge in [0, 0.05) is 26.6 Å². The van der Waals surface area contributed by atoms with Gasteiger partial charge in [0.1, 0.15) is 4.83 Å². The van der Waals surface area contributed by atoms with Crippen LogP contribution in [0.4, 0.5) is 0 Å². The highest BCUT2D eigenvalue weighted by Crippen LogP contribution is 2.42. The zero-order valence-corrected chi connectivity index (χ0v) is 30.6. The SMILES string of the molecule is c1ccc(-c2cccc(-c3cc(-c4ccc5c6ccccc6c6ccccc6c5c4)cc(-c4nc(-c5ccccc5)c5c(n4)sc4ccccc45)c3)c2)cc1. The van der Waals surface area contributed by atoms with Crippen LogP contribution in [0.2, 0.25) is 0 Å². The molecule has 2 heterocycles. The molecule has 0 bridgehead atoms. The van der Waals surface area contributed by atoms with Crippen LogP contribution in [0.15, 0.2) is 194 Å². The monoisotopic (exact) mass is 716 g/mol. The first-order valence-corrected chi connectivity index (χ1v) is 19.5. The zero-order valence-electron chi connectivity index (χ0n) is 29.8. The lowest BCUT2D eigenvalue weighted by molar-refractivity contribution is 1.24. The van der Waals surface area contributed by atoms with Gasteiger partial charge in [-0.3, -0.25) is 0 Å². The molecule has 0 aliphatic carbocycles. The molecule has 55 heavy (non-hydrogen) atoms. The van der Waals surface area contributed by atoms with Crippen LogP contribution in [0, 0.1) is 0 Å². The van der Waals surface area contributed by atoms with Gasteiger partial charge in [-0.05, 0) is 102 Å². The minimum atomic E-state index is 0.720. The standard InChI is InChI=1S/C52H32N2S/c1-3-14-33(15-4-1)35-18-13-19-36(28-35)38-29-39(37-26-27-45-43-22-8-7-20-41(43)42-21-9-10-23-44(42)47(45)32-37)31-40(30-38)51-53-50(34-16-5-2-6-17-34)49-46-24-11-12-25-48(46)55-52(49)54-51/h1-32H. The topological polar surface area (TPSA) is 25.8 Å². The zero-order chi connectivity index (χ0) is 36.3. The molecular formula is C52H32N2S. The van der Waals surface area contributed by atoms with Crippen molar-refractivity contribution in [2.45, 2.75) is 0 Å². The Hall–Kier alpha value is -6.94. The summed E-state index contributed by atoms with van der Waals surface area (Å²) in [6, 6.07) is 69.9. The molecule has 0 unspecified atom stereocenters. The predicted octanol–water partition coefficient (Wildman–Crippen LogP) is 14.6. The second-order valence-electron chi connectivity index (χ2n) is 14.1. The van der Waals surface area contributed by atoms with Crippen LogP contribution in [-0.4, -0.2) is 9.97 Å². The maximum Gasteiger partial charge on any atom is 0.161 e. The molecule has 0 fully saturated rings. The second kappa shape index (κ2) is 12.9. The molecule has 0 atom stereocenters. The third-order valence-electron chi connectivity index (χ3n) is 10.9. The summed E-state index contributed by atoms with van der Waals surface area (Å²) < 4.78 is 1.21. The summed E-state index contributed by atoms with van der Waals surface area (Å²) in [5, 5.41) is 9.89. The molecule has 0 aliphatic rings. The molecule has 3 heteroatoms. The molecule has 0 N–H and O–H groups in total. The Morgan fingerprint density at radius 1 is 0.291 bits per heavy atom. The van der Waals surface area contributed by atoms with Crippen molar-refractivity contribution in [3.8, 4) is 56.0 Å². The van der Waals surface area contributed by atoms with Crippen molar-refractivity contribution < 1.29 is 0 Å². The van der Waals surface area contributed by atoms with Crippen LogP contribution in [-0.2, 0) is 0 Å². The highest BCUT2D eigenvalue weighted by atomic mass is 32.1. The molecule has 0 spiro atoms. The smallest absolute Gasteiger partial charge is 0.161 e. The molecule has 9 aromatic carbocycles. The molecule has 0 aliphatic heterocycles. The Balaban J connectivity index is 1.17. The van der Waals surface area contributed by atoms with E-state index in [1.807, 2.05) is 0 Å². The molecule has 0 amide bonds. The van der Waals surface area contributed by atoms with Crippen LogP contribution in [0.25, 0.3) is 109 Å². The van der Waals surface area contributed by atoms with Crippen LogP contribution < -0.4 is 0 Å². The van der Waals surface area contributed by atoms with Gasteiger partial charge in [0.2, 0.25) is 0 Å². The summed E-state index contributed by atoms with van der Waals surface area (Å²) in [5.74, 6) is 0.720. The lowest BCUT2D eigenvalue weighted by Crippen LogP contribution is -1.95. The Kier molecular flexibility index (Phi) is 7.39. The van der Waals surface area contributed by atoms with E-state index in [0.717, 1.165) is 55.1 Å². The summed E-state index contributed by atoms with van der Waals surface area (Å²) in [6.45, 7) is 0. The third kappa shape index (κ3) is 5.40. The average molecular weight is 717 g/mol. The fourth-order valence-electron chi connectivity index (χ4n) is 8.24. The van der Waals surface area contributed by atoms with E-state index >= 15 is 0 Å². The van der Waals surface area contributed by atoms with Crippen LogP contribution >= 0.6 is 11.3 Å². The summed E-state index contributed by atoms with van der Waals surface area (Å²) in [4.78, 5) is 11.7. The third-order valence-corrected chi connectivity index (χ3v) is 11.9. The van der Waals surface area contributed by atoms with Crippen LogP contribution in [0.3, 0.4) is 0 Å². The molecule has 0 saturated carbocycles. The number of nitrogens with zero attached hydrogens (tertiary/aromatic N) is 2. The number of hydrogen-bond acceptors (Lipinski definition) is 3. The first-order valence-electron chi connectivity index (χ1n) is 18.6. The Labute approximate surface area is 322 Å². The van der Waals surface area contributed by atoms with Crippen molar-refractivity contribution in [3.05, 3.63) is 194 Å². The maximum absolute atomic E-state index is 5.42. The molecule has 2 nitrogen and oxygen atoms in total. The van der Waals surface area contributed by atoms with E-state index in [2.05, 4.69) is 194 Å². The van der Waals surface area contributed by atoms with E-state index in [9.17, 15) is 0 Å². The molecule has 2 aromatic heterocycles. The lowest BCUT2D eigenvalue weighted by atomic mass is 9.90. The van der Waals surface area contributed by atoms with Gasteiger partial charge in [-0.2, -0.15) is 0 Å². The van der Waals surface area contributed by atoms with Gasteiger partial charge < -0.3 is 0 Å². The van der Waals surface area contributed by atoms with Gasteiger partial charge in [-0.25, -0.2) is 9.97 Å². The largest absolute Gasteiger partial charge is 0.227 e. The highest BCUT2D eigenvalue weighted by Gasteiger charge is 2.18. The molecule has 11 aromatic rings. The molecule has 11 rings (SSSR count). The van der Waals surface area contributed by atoms with Crippen molar-refractivity contribution in [1.82, 2.24) is 9.97 Å². The van der Waals surface area contributed by atoms with E-state index in [1.54, 1.807) is 11.3 Å². The van der Waals surface area contributed by atoms with Gasteiger partial charge in [0.15, 0.2) is 5.82 Å². The van der Waals surface area contributed by atoms with Gasteiger partial charge >= 0.3 is 0 Å². The van der Waals surface area contributed by atoms with Crippen molar-refractivity contribution in [1.29, 1.82) is 0 Å². The second-order valence-corrected chi connectivity index (χ2v) is 15.2. The Bertz CT molecular complexity index is 3220. The maximum atomic E-state index is 5.42. The number of benzene rings is 9. The van der Waals surface area contributed by atoms with Crippen molar-refractivity contribution in [2.75, 3.05) is 0 Å². The van der Waals surface area contributed by atoms with Crippen LogP contribution in [0.1, 0.15) is 0 Å². The van der Waals surface area contributed by atoms with Crippen molar-refractivity contribution in [3.63, 3.8) is 0 Å². The number of aromatic nitrogens is 2. The fraction of sp³-hybridized carbons (Fsp3) is 0. The molecule has 256 valence electrons. The first kappa shape index (κ1) is 31.6. The Morgan fingerprint density at radius 2 is 0.764 bits per heavy atom. The van der Waals surface area contributed by atoms with Gasteiger partial charge in [0.05, 0.1) is 5.69 Å². The van der Waals surface area contributed by atoms with Gasteiger partial charge in [-0.15, -0.1) is 11.3 Å². The lowest BCUT2D eigenvalue weighted by Gasteiger charge is -2.15. The van der Waals surface area contributed by atoms with E-state index in [0.29, 0.717) is 0 Å². The minimum Gasteiger partial charge on any atom is -0.227 e. The summed E-state index contributed by atoms with van der Waals surface area (Å²) in [7, 11) is 0. The van der Waals surface area contributed by atoms with Gasteiger partial charge in [-0.1, -0.05) is 158 Å². The quantitative estimate of drug-likeness (QED) is 0.166. The fourth-order valence-corrected chi connectivity index (χ4v) is 9.32. The van der Waals surface area contributed by atoms with Crippen molar-refractivity contribution >= 4 is 64.0 Å². The summed E-state index contributed by atoms with van der Waals surface area (Å²) in [5.41, 5.74) is 9.95. The molecule has 0 saturated heterocycles. The summed E-state index contributed by atoms with van der Waals surface area (Å²) in [6.07, 6.45) is 0. The van der Waals surface area contributed by atoms with E-state index < -0.39 is 0 Å². The normalized spacial score (nSPS) is 11.6. The predicted molar refractivity (Wildman–Crippen MR) is 235 cm³/mol. The highest BCUT2D eigenvalue weighted by molar-refractivity contribution is 7.25. The van der Waals surface area contributed by atoms with Gasteiger partial charge in [0.25, 0.3) is 0 Å². The van der Waals surface area contributed by atoms with Crippen LogP contribution in [0.5, 0.6) is 0 Å². The van der Waals surface area contributed by atoms with E-state index in [1.165, 1.54) is 53.5 Å². The number of thiophene rings is 1. The van der Waals surface area contributed by atoms with E-state index in [-0.39, 0.29) is 0 Å². The molecule has 0 radical (unpaired) electrons. The average Bonchev–Trinajstić information content (AvgIpc) is 3.65. The molecular weight excluding hydrogens is 685 g/mol. The van der Waals surface area contributed by atoms with Crippen molar-refractivity contribution in [2.24, 2.45) is 0 Å². The van der Waals surface area contributed by atoms with E-state index in [4.69, 9.17) is 9.97 Å². The minimum absolute atomic E-state index is 0.720. The Morgan fingerprint density at radius 3 is 1.44 bits per heavy atom.